The lowest BCUT2D eigenvalue weighted by atomic mass is 10.1. The fourth-order valence-electron chi connectivity index (χ4n) is 3.08. The van der Waals surface area contributed by atoms with E-state index in [9.17, 15) is 22.4 Å². The van der Waals surface area contributed by atoms with Crippen molar-refractivity contribution in [1.82, 2.24) is 19.4 Å². The molecular formula is C20H31FN4O5S. The number of nitrogens with zero attached hydrogens (tertiary/aromatic N) is 3. The van der Waals surface area contributed by atoms with Crippen LogP contribution in [0.3, 0.4) is 0 Å². The molecule has 1 heterocycles. The first-order valence-electron chi connectivity index (χ1n) is 10.1. The lowest BCUT2D eigenvalue weighted by Crippen LogP contribution is -2.51. The van der Waals surface area contributed by atoms with Crippen molar-refractivity contribution in [2.75, 3.05) is 59.2 Å². The number of morpholine rings is 1. The zero-order chi connectivity index (χ0) is 23.0. The van der Waals surface area contributed by atoms with Crippen molar-refractivity contribution in [3.05, 3.63) is 35.6 Å². The molecule has 0 bridgehead atoms. The summed E-state index contributed by atoms with van der Waals surface area (Å²) in [7, 11) is -2.26. The molecule has 1 saturated heterocycles. The lowest BCUT2D eigenvalue weighted by molar-refractivity contribution is -0.140. The van der Waals surface area contributed by atoms with E-state index in [0.29, 0.717) is 31.9 Å². The van der Waals surface area contributed by atoms with Gasteiger partial charge in [0.2, 0.25) is 21.8 Å². The Kier molecular flexibility index (Phi) is 9.35. The number of benzene rings is 1. The van der Waals surface area contributed by atoms with Crippen LogP contribution < -0.4 is 5.32 Å². The molecule has 2 rings (SSSR count). The van der Waals surface area contributed by atoms with Crippen molar-refractivity contribution >= 4 is 21.8 Å². The Morgan fingerprint density at radius 1 is 1.23 bits per heavy atom. The van der Waals surface area contributed by atoms with Gasteiger partial charge >= 0.3 is 0 Å². The van der Waals surface area contributed by atoms with Crippen molar-refractivity contribution in [1.29, 1.82) is 0 Å². The minimum atomic E-state index is -3.56. The quantitative estimate of drug-likeness (QED) is 0.525. The van der Waals surface area contributed by atoms with Crippen LogP contribution >= 0.6 is 0 Å². The predicted molar refractivity (Wildman–Crippen MR) is 114 cm³/mol. The average Bonchev–Trinajstić information content (AvgIpc) is 2.72. The molecule has 9 nitrogen and oxygen atoms in total. The minimum Gasteiger partial charge on any atom is -0.379 e. The van der Waals surface area contributed by atoms with Gasteiger partial charge < -0.3 is 15.0 Å². The maximum Gasteiger partial charge on any atom is 0.242 e. The maximum absolute atomic E-state index is 13.2. The van der Waals surface area contributed by atoms with Crippen LogP contribution in [0.2, 0.25) is 0 Å². The minimum absolute atomic E-state index is 0.0504. The molecule has 1 unspecified atom stereocenters. The number of amides is 2. The Hall–Kier alpha value is -2.08. The van der Waals surface area contributed by atoms with Crippen LogP contribution in [0.4, 0.5) is 4.39 Å². The van der Waals surface area contributed by atoms with E-state index in [1.807, 2.05) is 0 Å². The Balaban J connectivity index is 2.04. The number of ether oxygens (including phenoxy) is 1. The van der Waals surface area contributed by atoms with Crippen LogP contribution in [0, 0.1) is 5.82 Å². The molecule has 31 heavy (non-hydrogen) atoms. The van der Waals surface area contributed by atoms with Gasteiger partial charge in [0.1, 0.15) is 11.9 Å². The standard InChI is InChI=1S/C20H31FN4O5S/c1-16(20(27)22-8-9-24-10-12-30-13-11-24)25(14-17-4-6-18(21)7-5-17)19(26)15-23(2)31(3,28)29/h4-7,16H,8-15H2,1-3H3,(H,22,27). The molecule has 0 saturated carbocycles. The van der Waals surface area contributed by atoms with E-state index in [1.165, 1.54) is 36.2 Å². The van der Waals surface area contributed by atoms with Gasteiger partial charge in [-0.05, 0) is 24.6 Å². The van der Waals surface area contributed by atoms with Gasteiger partial charge in [-0.15, -0.1) is 0 Å². The highest BCUT2D eigenvalue weighted by Gasteiger charge is 2.28. The molecule has 0 spiro atoms. The molecule has 1 fully saturated rings. The van der Waals surface area contributed by atoms with Crippen molar-refractivity contribution in [3.8, 4) is 0 Å². The first kappa shape index (κ1) is 25.2. The van der Waals surface area contributed by atoms with Crippen LogP contribution in [0.5, 0.6) is 0 Å². The SMILES string of the molecule is CC(C(=O)NCCN1CCOCC1)N(Cc1ccc(F)cc1)C(=O)CN(C)S(C)(=O)=O. The molecule has 0 aliphatic carbocycles. The monoisotopic (exact) mass is 458 g/mol. The summed E-state index contributed by atoms with van der Waals surface area (Å²) in [6.07, 6.45) is 1.01. The zero-order valence-electron chi connectivity index (χ0n) is 18.2. The summed E-state index contributed by atoms with van der Waals surface area (Å²) in [5.74, 6) is -1.27. The largest absolute Gasteiger partial charge is 0.379 e. The Morgan fingerprint density at radius 3 is 2.42 bits per heavy atom. The number of hydrogen-bond acceptors (Lipinski definition) is 6. The summed E-state index contributed by atoms with van der Waals surface area (Å²) < 4.78 is 42.9. The molecule has 0 aromatic heterocycles. The number of halogens is 1. The number of rotatable bonds is 10. The van der Waals surface area contributed by atoms with Crippen molar-refractivity contribution in [3.63, 3.8) is 0 Å². The first-order valence-corrected chi connectivity index (χ1v) is 12.0. The summed E-state index contributed by atoms with van der Waals surface area (Å²) in [6, 6.07) is 4.76. The molecule has 11 heteroatoms. The van der Waals surface area contributed by atoms with Gasteiger partial charge in [-0.1, -0.05) is 12.1 Å². The summed E-state index contributed by atoms with van der Waals surface area (Å²) in [5.41, 5.74) is 0.629. The molecule has 1 aliphatic heterocycles. The van der Waals surface area contributed by atoms with E-state index < -0.39 is 34.3 Å². The average molecular weight is 459 g/mol. The van der Waals surface area contributed by atoms with Gasteiger partial charge in [0.15, 0.2) is 0 Å². The molecule has 1 aromatic carbocycles. The summed E-state index contributed by atoms with van der Waals surface area (Å²) in [4.78, 5) is 29.1. The van der Waals surface area contributed by atoms with Gasteiger partial charge in [-0.2, -0.15) is 4.31 Å². The second-order valence-corrected chi connectivity index (χ2v) is 9.68. The number of sulfonamides is 1. The fourth-order valence-corrected chi connectivity index (χ4v) is 3.42. The third kappa shape index (κ3) is 8.17. The maximum atomic E-state index is 13.2. The van der Waals surface area contributed by atoms with Gasteiger partial charge in [0.25, 0.3) is 0 Å². The van der Waals surface area contributed by atoms with Crippen LogP contribution in [0.15, 0.2) is 24.3 Å². The fraction of sp³-hybridized carbons (Fsp3) is 0.600. The molecule has 174 valence electrons. The summed E-state index contributed by atoms with van der Waals surface area (Å²) >= 11 is 0. The highest BCUT2D eigenvalue weighted by Crippen LogP contribution is 2.12. The van der Waals surface area contributed by atoms with Crippen molar-refractivity contribution in [2.24, 2.45) is 0 Å². The van der Waals surface area contributed by atoms with Crippen LogP contribution in [-0.2, 0) is 30.9 Å². The van der Waals surface area contributed by atoms with Crippen LogP contribution in [0.1, 0.15) is 12.5 Å². The topological polar surface area (TPSA) is 99.3 Å². The van der Waals surface area contributed by atoms with Gasteiger partial charge in [0.05, 0.1) is 26.0 Å². The Labute approximate surface area is 183 Å². The lowest BCUT2D eigenvalue weighted by Gasteiger charge is -2.31. The van der Waals surface area contributed by atoms with Crippen molar-refractivity contribution in [2.45, 2.75) is 19.5 Å². The third-order valence-electron chi connectivity index (χ3n) is 5.19. The van der Waals surface area contributed by atoms with E-state index >= 15 is 0 Å². The van der Waals surface area contributed by atoms with Crippen molar-refractivity contribution < 1.29 is 27.1 Å². The Morgan fingerprint density at radius 2 is 1.84 bits per heavy atom. The van der Waals surface area contributed by atoms with E-state index in [4.69, 9.17) is 4.74 Å². The molecule has 2 amide bonds. The highest BCUT2D eigenvalue weighted by molar-refractivity contribution is 7.88. The highest BCUT2D eigenvalue weighted by atomic mass is 32.2. The summed E-state index contributed by atoms with van der Waals surface area (Å²) in [6.45, 7) is 5.27. The molecule has 0 radical (unpaired) electrons. The second kappa shape index (κ2) is 11.5. The molecule has 1 aliphatic rings. The second-order valence-electron chi connectivity index (χ2n) is 7.59. The van der Waals surface area contributed by atoms with E-state index in [1.54, 1.807) is 6.92 Å². The van der Waals surface area contributed by atoms with E-state index in [0.717, 1.165) is 23.7 Å². The van der Waals surface area contributed by atoms with Crippen LogP contribution in [-0.4, -0.2) is 99.6 Å². The number of carbonyl (C=O) groups is 2. The third-order valence-corrected chi connectivity index (χ3v) is 6.45. The van der Waals surface area contributed by atoms with Gasteiger partial charge in [0, 0.05) is 39.8 Å². The molecule has 1 atom stereocenters. The van der Waals surface area contributed by atoms with Crippen LogP contribution in [0.25, 0.3) is 0 Å². The van der Waals surface area contributed by atoms with E-state index in [2.05, 4.69) is 10.2 Å². The summed E-state index contributed by atoms with van der Waals surface area (Å²) in [5, 5.41) is 2.84. The van der Waals surface area contributed by atoms with Gasteiger partial charge in [-0.3, -0.25) is 14.5 Å². The zero-order valence-corrected chi connectivity index (χ0v) is 19.0. The number of nitrogens with one attached hydrogen (secondary N) is 1. The Bertz CT molecular complexity index is 844. The van der Waals surface area contributed by atoms with E-state index in [-0.39, 0.29) is 12.5 Å². The number of likely N-dealkylation sites (N-methyl/N-ethyl adjacent to an activating group) is 1. The number of hydrogen-bond donors (Lipinski definition) is 1. The normalized spacial score (nSPS) is 16.2. The number of carbonyl (C=O) groups excluding carboxylic acids is 2. The molecule has 1 aromatic rings. The first-order chi connectivity index (χ1) is 14.6. The van der Waals surface area contributed by atoms with Gasteiger partial charge in [-0.25, -0.2) is 12.8 Å². The predicted octanol–water partition coefficient (Wildman–Crippen LogP) is -0.117. The molecule has 1 N–H and O–H groups in total. The molecular weight excluding hydrogens is 427 g/mol. The smallest absolute Gasteiger partial charge is 0.242 e.